The van der Waals surface area contributed by atoms with Crippen LogP contribution in [0.15, 0.2) is 133 Å². The van der Waals surface area contributed by atoms with Gasteiger partial charge in [0.15, 0.2) is 23.0 Å². The summed E-state index contributed by atoms with van der Waals surface area (Å²) in [6.45, 7) is -1.45. The molecule has 6 rings (SSSR count). The third-order valence-corrected chi connectivity index (χ3v) is 9.71. The van der Waals surface area contributed by atoms with Crippen molar-refractivity contribution in [2.24, 2.45) is 0 Å². The highest BCUT2D eigenvalue weighted by Gasteiger charge is 2.32. The quantitative estimate of drug-likeness (QED) is 0.0659. The Morgan fingerprint density at radius 3 is 0.950 bits per heavy atom. The van der Waals surface area contributed by atoms with Crippen LogP contribution in [-0.4, -0.2) is 40.2 Å². The van der Waals surface area contributed by atoms with Crippen molar-refractivity contribution in [1.82, 2.24) is 0 Å². The second kappa shape index (κ2) is 20.2. The van der Waals surface area contributed by atoms with Gasteiger partial charge in [-0.1, -0.05) is 121 Å². The second-order valence-electron chi connectivity index (χ2n) is 13.0. The van der Waals surface area contributed by atoms with Crippen molar-refractivity contribution in [3.05, 3.63) is 167 Å². The third kappa shape index (κ3) is 12.0. The Labute approximate surface area is 348 Å². The van der Waals surface area contributed by atoms with Crippen LogP contribution in [-0.2, 0) is 68.8 Å². The number of hydrogen-bond acceptors (Lipinski definition) is 12. The highest BCUT2D eigenvalue weighted by atomic mass is 32.3. The summed E-state index contributed by atoms with van der Waals surface area (Å²) in [6, 6.07) is 39.9. The van der Waals surface area contributed by atoms with E-state index in [-0.39, 0.29) is 83.2 Å². The van der Waals surface area contributed by atoms with Gasteiger partial charge in [0.25, 0.3) is 0 Å². The van der Waals surface area contributed by atoms with Crippen LogP contribution >= 0.6 is 0 Å². The standard InChI is InChI=1S/C44H42O14S2/c1-51-43-39(35(29-57-59(45,46)47)23-37(53-25-31-15-7-3-8-16-31)41(43)55-27-33-19-11-5-12-20-33)40-36(30-58-60(48,49)50)24-38(54-26-32-17-9-4-10-18-32)42(44(40)52-2)56-28-34-21-13-6-14-22-34/h3-24H,25-30H2,1-2H3,(H,45,46,47)(H,48,49,50). The van der Waals surface area contributed by atoms with Crippen LogP contribution in [0.2, 0.25) is 0 Å². The van der Waals surface area contributed by atoms with Gasteiger partial charge < -0.3 is 28.4 Å². The second-order valence-corrected chi connectivity index (χ2v) is 15.2. The van der Waals surface area contributed by atoms with Gasteiger partial charge in [-0.15, -0.1) is 0 Å². The summed E-state index contributed by atoms with van der Waals surface area (Å²) in [7, 11) is -7.39. The molecule has 0 amide bonds. The van der Waals surface area contributed by atoms with Gasteiger partial charge in [0.2, 0.25) is 11.5 Å². The lowest BCUT2D eigenvalue weighted by Gasteiger charge is -2.26. The summed E-state index contributed by atoms with van der Waals surface area (Å²) < 4.78 is 116. The molecule has 2 N–H and O–H groups in total. The average molecular weight is 859 g/mol. The maximum absolute atomic E-state index is 12.1. The van der Waals surface area contributed by atoms with Gasteiger partial charge in [-0.3, -0.25) is 9.11 Å². The van der Waals surface area contributed by atoms with Gasteiger partial charge in [-0.25, -0.2) is 8.37 Å². The van der Waals surface area contributed by atoms with E-state index in [2.05, 4.69) is 0 Å². The van der Waals surface area contributed by atoms with E-state index in [1.165, 1.54) is 26.4 Å². The number of benzene rings is 6. The van der Waals surface area contributed by atoms with E-state index in [4.69, 9.17) is 36.8 Å². The molecule has 16 heteroatoms. The molecule has 0 spiro atoms. The molecule has 6 aromatic rings. The molecule has 0 unspecified atom stereocenters. The third-order valence-electron chi connectivity index (χ3n) is 8.88. The Hall–Kier alpha value is -6.14. The van der Waals surface area contributed by atoms with Crippen molar-refractivity contribution in [2.75, 3.05) is 14.2 Å². The average Bonchev–Trinajstić information content (AvgIpc) is 3.25. The lowest BCUT2D eigenvalue weighted by molar-refractivity contribution is 0.237. The van der Waals surface area contributed by atoms with E-state index in [0.717, 1.165) is 22.3 Å². The molecule has 0 aliphatic heterocycles. The van der Waals surface area contributed by atoms with Crippen LogP contribution in [0.3, 0.4) is 0 Å². The molecule has 0 aliphatic carbocycles. The topological polar surface area (TPSA) is 183 Å². The number of rotatable bonds is 21. The minimum atomic E-state index is -5.03. The van der Waals surface area contributed by atoms with Crippen molar-refractivity contribution in [3.8, 4) is 45.6 Å². The predicted octanol–water partition coefficient (Wildman–Crippen LogP) is 8.33. The molecule has 0 fully saturated rings. The molecule has 0 saturated carbocycles. The first kappa shape index (κ1) is 43.4. The van der Waals surface area contributed by atoms with Crippen LogP contribution in [0.5, 0.6) is 34.5 Å². The zero-order valence-corrected chi connectivity index (χ0v) is 34.2. The van der Waals surface area contributed by atoms with Gasteiger partial charge in [0.1, 0.15) is 26.4 Å². The molecular weight excluding hydrogens is 817 g/mol. The lowest BCUT2D eigenvalue weighted by atomic mass is 9.92. The maximum Gasteiger partial charge on any atom is 0.397 e. The number of methoxy groups -OCH3 is 2. The van der Waals surface area contributed by atoms with Gasteiger partial charge in [0, 0.05) is 11.1 Å². The van der Waals surface area contributed by atoms with Crippen molar-refractivity contribution in [2.45, 2.75) is 39.6 Å². The summed E-state index contributed by atoms with van der Waals surface area (Å²) in [6.07, 6.45) is 0. The fourth-order valence-electron chi connectivity index (χ4n) is 6.19. The first-order valence-corrected chi connectivity index (χ1v) is 21.0. The van der Waals surface area contributed by atoms with E-state index < -0.39 is 34.0 Å². The predicted molar refractivity (Wildman–Crippen MR) is 221 cm³/mol. The molecule has 0 radical (unpaired) electrons. The molecule has 6 aromatic carbocycles. The molecule has 14 nitrogen and oxygen atoms in total. The van der Waals surface area contributed by atoms with Gasteiger partial charge in [-0.05, 0) is 45.5 Å². The zero-order valence-electron chi connectivity index (χ0n) is 32.6. The van der Waals surface area contributed by atoms with Gasteiger partial charge in [0.05, 0.1) is 27.4 Å². The smallest absolute Gasteiger partial charge is 0.397 e. The summed E-state index contributed by atoms with van der Waals surface area (Å²) in [5.41, 5.74) is 3.32. The van der Waals surface area contributed by atoms with Crippen LogP contribution in [0, 0.1) is 0 Å². The SMILES string of the molecule is COc1c(OCc2ccccc2)c(OCc2ccccc2)cc(COS(=O)(=O)O)c1-c1c(COS(=O)(=O)O)cc(OCc2ccccc2)c(OCc2ccccc2)c1OC. The fraction of sp³-hybridized carbons (Fsp3) is 0.182. The Balaban J connectivity index is 1.63. The monoisotopic (exact) mass is 858 g/mol. The Morgan fingerprint density at radius 1 is 0.400 bits per heavy atom. The lowest BCUT2D eigenvalue weighted by Crippen LogP contribution is -2.11. The number of ether oxygens (including phenoxy) is 6. The van der Waals surface area contributed by atoms with E-state index in [0.29, 0.717) is 0 Å². The molecule has 0 aromatic heterocycles. The fourth-order valence-corrected chi connectivity index (χ4v) is 6.75. The first-order chi connectivity index (χ1) is 28.9. The first-order valence-electron chi connectivity index (χ1n) is 18.3. The normalized spacial score (nSPS) is 11.5. The minimum Gasteiger partial charge on any atom is -0.492 e. The van der Waals surface area contributed by atoms with Gasteiger partial charge in [-0.2, -0.15) is 16.8 Å². The summed E-state index contributed by atoms with van der Waals surface area (Å²) >= 11 is 0. The molecule has 60 heavy (non-hydrogen) atoms. The van der Waals surface area contributed by atoms with E-state index >= 15 is 0 Å². The van der Waals surface area contributed by atoms with Crippen molar-refractivity contribution in [3.63, 3.8) is 0 Å². The highest BCUT2D eigenvalue weighted by Crippen LogP contribution is 2.55. The minimum absolute atomic E-state index is 0.0206. The number of hydrogen-bond donors (Lipinski definition) is 2. The van der Waals surface area contributed by atoms with Crippen molar-refractivity contribution in [1.29, 1.82) is 0 Å². The maximum atomic E-state index is 12.1. The zero-order chi connectivity index (χ0) is 42.5. The summed E-state index contributed by atoms with van der Waals surface area (Å²) in [5.74, 6) is 0.239. The van der Waals surface area contributed by atoms with Crippen LogP contribution < -0.4 is 28.4 Å². The molecule has 0 aliphatic rings. The summed E-state index contributed by atoms with van der Waals surface area (Å²) in [4.78, 5) is 0. The van der Waals surface area contributed by atoms with Gasteiger partial charge >= 0.3 is 20.8 Å². The van der Waals surface area contributed by atoms with Crippen LogP contribution in [0.1, 0.15) is 33.4 Å². The van der Waals surface area contributed by atoms with Crippen molar-refractivity contribution >= 4 is 20.8 Å². The van der Waals surface area contributed by atoms with Crippen molar-refractivity contribution < 1.29 is 62.7 Å². The van der Waals surface area contributed by atoms with Crippen LogP contribution in [0.25, 0.3) is 11.1 Å². The molecule has 0 saturated heterocycles. The van der Waals surface area contributed by atoms with E-state index in [1.807, 2.05) is 121 Å². The molecular formula is C44H42O14S2. The Bertz CT molecular complexity index is 2380. The summed E-state index contributed by atoms with van der Waals surface area (Å²) in [5, 5.41) is 0. The largest absolute Gasteiger partial charge is 0.492 e. The Morgan fingerprint density at radius 2 is 0.683 bits per heavy atom. The van der Waals surface area contributed by atoms with Crippen LogP contribution in [0.4, 0.5) is 0 Å². The van der Waals surface area contributed by atoms with E-state index in [1.54, 1.807) is 0 Å². The molecule has 0 bridgehead atoms. The highest BCUT2D eigenvalue weighted by molar-refractivity contribution is 7.81. The van der Waals surface area contributed by atoms with E-state index in [9.17, 15) is 25.9 Å². The molecule has 314 valence electrons. The Kier molecular flexibility index (Phi) is 14.6. The molecule has 0 atom stereocenters. The molecule has 0 heterocycles.